The van der Waals surface area contributed by atoms with Gasteiger partial charge in [0.2, 0.25) is 0 Å². The highest BCUT2D eigenvalue weighted by molar-refractivity contribution is 9.10. The molecule has 0 aliphatic heterocycles. The Morgan fingerprint density at radius 1 is 1.55 bits per heavy atom. The first-order valence-electron chi connectivity index (χ1n) is 2.65. The molecular formula is C6H4BrO3S. The zero-order valence-corrected chi connectivity index (χ0v) is 7.68. The molecule has 0 fully saturated rings. The van der Waals surface area contributed by atoms with Gasteiger partial charge >= 0.3 is 0 Å². The highest BCUT2D eigenvalue weighted by atomic mass is 79.9. The second-order valence-electron chi connectivity index (χ2n) is 1.85. The monoisotopic (exact) mass is 235 g/mol. The van der Waals surface area contributed by atoms with Gasteiger partial charge in [0.25, 0.3) is 10.1 Å². The first-order valence-corrected chi connectivity index (χ1v) is 4.88. The summed E-state index contributed by atoms with van der Waals surface area (Å²) in [5.41, 5.74) is 0. The fourth-order valence-corrected chi connectivity index (χ4v) is 1.62. The van der Waals surface area contributed by atoms with Gasteiger partial charge in [-0.3, -0.25) is 4.55 Å². The molecule has 0 aliphatic carbocycles. The number of halogens is 1. The molecule has 1 radical (unpaired) electrons. The molecular weight excluding hydrogens is 232 g/mol. The van der Waals surface area contributed by atoms with Gasteiger partial charge in [0.15, 0.2) is 0 Å². The van der Waals surface area contributed by atoms with E-state index in [1.54, 1.807) is 0 Å². The first kappa shape index (κ1) is 8.70. The Morgan fingerprint density at radius 2 is 2.18 bits per heavy atom. The van der Waals surface area contributed by atoms with Gasteiger partial charge in [0, 0.05) is 4.47 Å². The van der Waals surface area contributed by atoms with Crippen molar-refractivity contribution >= 4 is 26.0 Å². The van der Waals surface area contributed by atoms with Gasteiger partial charge in [-0.15, -0.1) is 0 Å². The van der Waals surface area contributed by atoms with Crippen molar-refractivity contribution in [2.24, 2.45) is 0 Å². The molecule has 0 aromatic heterocycles. The van der Waals surface area contributed by atoms with Gasteiger partial charge < -0.3 is 0 Å². The summed E-state index contributed by atoms with van der Waals surface area (Å²) >= 11 is 3.02. The third-order valence-corrected chi connectivity index (χ3v) is 2.34. The van der Waals surface area contributed by atoms with Gasteiger partial charge in [0.1, 0.15) is 0 Å². The van der Waals surface area contributed by atoms with Crippen molar-refractivity contribution in [3.8, 4) is 0 Å². The molecule has 1 aromatic carbocycles. The Bertz CT molecular complexity index is 358. The molecule has 3 nitrogen and oxygen atoms in total. The van der Waals surface area contributed by atoms with E-state index in [0.717, 1.165) is 0 Å². The van der Waals surface area contributed by atoms with Crippen LogP contribution in [0.2, 0.25) is 0 Å². The molecule has 1 N–H and O–H groups in total. The molecule has 0 unspecified atom stereocenters. The zero-order valence-electron chi connectivity index (χ0n) is 5.28. The third kappa shape index (κ3) is 2.28. The van der Waals surface area contributed by atoms with Crippen molar-refractivity contribution in [1.29, 1.82) is 0 Å². The van der Waals surface area contributed by atoms with Crippen LogP contribution in [0, 0.1) is 6.07 Å². The van der Waals surface area contributed by atoms with Gasteiger partial charge in [-0.05, 0) is 18.2 Å². The smallest absolute Gasteiger partial charge is 0.282 e. The summed E-state index contributed by atoms with van der Waals surface area (Å²) < 4.78 is 30.1. The van der Waals surface area contributed by atoms with E-state index in [9.17, 15) is 8.42 Å². The van der Waals surface area contributed by atoms with E-state index >= 15 is 0 Å². The molecule has 59 valence electrons. The van der Waals surface area contributed by atoms with Crippen molar-refractivity contribution in [1.82, 2.24) is 0 Å². The summed E-state index contributed by atoms with van der Waals surface area (Å²) in [6, 6.07) is 6.63. The van der Waals surface area contributed by atoms with Crippen LogP contribution < -0.4 is 0 Å². The molecule has 0 atom stereocenters. The van der Waals surface area contributed by atoms with E-state index in [1.165, 1.54) is 18.2 Å². The predicted octanol–water partition coefficient (Wildman–Crippen LogP) is 1.50. The fourth-order valence-electron chi connectivity index (χ4n) is 0.579. The Labute approximate surface area is 72.9 Å². The van der Waals surface area contributed by atoms with Crippen LogP contribution in [-0.4, -0.2) is 13.0 Å². The van der Waals surface area contributed by atoms with Gasteiger partial charge in [-0.25, -0.2) is 0 Å². The molecule has 0 amide bonds. The van der Waals surface area contributed by atoms with Crippen LogP contribution in [0.5, 0.6) is 0 Å². The molecule has 1 aromatic rings. The highest BCUT2D eigenvalue weighted by Crippen LogP contribution is 2.14. The topological polar surface area (TPSA) is 54.4 Å². The minimum absolute atomic E-state index is 0.136. The second-order valence-corrected chi connectivity index (χ2v) is 4.12. The van der Waals surface area contributed by atoms with Gasteiger partial charge in [-0.1, -0.05) is 22.0 Å². The quantitative estimate of drug-likeness (QED) is 0.751. The molecule has 0 aliphatic rings. The van der Waals surface area contributed by atoms with E-state index in [2.05, 4.69) is 22.0 Å². The number of benzene rings is 1. The minimum Gasteiger partial charge on any atom is -0.282 e. The standard InChI is InChI=1S/C6H4BrO3S/c7-5-2-1-3-6(4-5)11(8,9)10/h1,3-4H,(H,8,9,10). The van der Waals surface area contributed by atoms with Crippen molar-refractivity contribution in [2.75, 3.05) is 0 Å². The van der Waals surface area contributed by atoms with Crippen molar-refractivity contribution < 1.29 is 13.0 Å². The first-order chi connectivity index (χ1) is 5.00. The van der Waals surface area contributed by atoms with Crippen LogP contribution in [0.1, 0.15) is 0 Å². The molecule has 11 heavy (non-hydrogen) atoms. The maximum Gasteiger partial charge on any atom is 0.294 e. The number of rotatable bonds is 1. The molecule has 0 saturated heterocycles. The van der Waals surface area contributed by atoms with E-state index in [1.807, 2.05) is 0 Å². The van der Waals surface area contributed by atoms with Crippen LogP contribution >= 0.6 is 15.9 Å². The largest absolute Gasteiger partial charge is 0.294 e. The maximum atomic E-state index is 10.5. The van der Waals surface area contributed by atoms with Gasteiger partial charge in [0.05, 0.1) is 4.90 Å². The zero-order chi connectivity index (χ0) is 8.48. The maximum absolute atomic E-state index is 10.5. The molecule has 0 heterocycles. The van der Waals surface area contributed by atoms with Crippen LogP contribution in [0.25, 0.3) is 0 Å². The lowest BCUT2D eigenvalue weighted by molar-refractivity contribution is 0.483. The minimum atomic E-state index is -4.08. The summed E-state index contributed by atoms with van der Waals surface area (Å²) in [7, 11) is -4.08. The highest BCUT2D eigenvalue weighted by Gasteiger charge is 2.08. The lowest BCUT2D eigenvalue weighted by Gasteiger charge is -1.94. The van der Waals surface area contributed by atoms with E-state index in [0.29, 0.717) is 4.47 Å². The molecule has 5 heteroatoms. The summed E-state index contributed by atoms with van der Waals surface area (Å²) in [4.78, 5) is -0.136. The van der Waals surface area contributed by atoms with E-state index in [-0.39, 0.29) is 4.90 Å². The van der Waals surface area contributed by atoms with Crippen LogP contribution in [0.4, 0.5) is 0 Å². The summed E-state index contributed by atoms with van der Waals surface area (Å²) in [5.74, 6) is 0. The lowest BCUT2D eigenvalue weighted by atomic mass is 10.4. The van der Waals surface area contributed by atoms with Crippen molar-refractivity contribution in [2.45, 2.75) is 4.90 Å². The molecule has 0 spiro atoms. The second kappa shape index (κ2) is 2.92. The third-order valence-electron chi connectivity index (χ3n) is 1.04. The van der Waals surface area contributed by atoms with E-state index in [4.69, 9.17) is 4.55 Å². The SMILES string of the molecule is O=S(=O)(O)c1cc[c]c(Br)c1. The Morgan fingerprint density at radius 3 is 2.55 bits per heavy atom. The van der Waals surface area contributed by atoms with E-state index < -0.39 is 10.1 Å². The van der Waals surface area contributed by atoms with Crippen molar-refractivity contribution in [3.05, 3.63) is 28.7 Å². The summed E-state index contributed by atoms with van der Waals surface area (Å²) in [5, 5.41) is 0. The van der Waals surface area contributed by atoms with Crippen molar-refractivity contribution in [3.63, 3.8) is 0 Å². The van der Waals surface area contributed by atoms with Crippen LogP contribution in [0.3, 0.4) is 0 Å². The molecule has 1 rings (SSSR count). The lowest BCUT2D eigenvalue weighted by Crippen LogP contribution is -1.96. The Balaban J connectivity index is 3.28. The molecule has 0 bridgehead atoms. The Hall–Kier alpha value is -0.390. The van der Waals surface area contributed by atoms with Crippen LogP contribution in [-0.2, 0) is 10.1 Å². The molecule has 0 saturated carbocycles. The number of hydrogen-bond donors (Lipinski definition) is 1. The summed E-state index contributed by atoms with van der Waals surface area (Å²) in [6.45, 7) is 0. The fraction of sp³-hybridized carbons (Fsp3) is 0. The predicted molar refractivity (Wildman–Crippen MR) is 42.8 cm³/mol. The summed E-state index contributed by atoms with van der Waals surface area (Å²) in [6.07, 6.45) is 0. The average molecular weight is 236 g/mol. The average Bonchev–Trinajstić information content (AvgIpc) is 1.86. The Kier molecular flexibility index (Phi) is 2.31. The van der Waals surface area contributed by atoms with Gasteiger partial charge in [-0.2, -0.15) is 8.42 Å². The number of hydrogen-bond acceptors (Lipinski definition) is 2. The normalized spacial score (nSPS) is 11.5. The van der Waals surface area contributed by atoms with Crippen LogP contribution in [0.15, 0.2) is 27.6 Å².